The summed E-state index contributed by atoms with van der Waals surface area (Å²) in [5.41, 5.74) is 10.7. The zero-order valence-corrected chi connectivity index (χ0v) is 21.9. The van der Waals surface area contributed by atoms with Crippen molar-refractivity contribution in [3.63, 3.8) is 0 Å². The monoisotopic (exact) mass is 568 g/mol. The second kappa shape index (κ2) is 20.6. The predicted molar refractivity (Wildman–Crippen MR) is 138 cm³/mol. The molecule has 37 heavy (non-hydrogen) atoms. The Kier molecular flexibility index (Phi) is 19.2. The third kappa shape index (κ3) is 18.5. The summed E-state index contributed by atoms with van der Waals surface area (Å²) in [5, 5.41) is 38.4. The van der Waals surface area contributed by atoms with Crippen molar-refractivity contribution in [2.24, 2.45) is 11.5 Å². The molecule has 0 aromatic carbocycles. The smallest absolute Gasteiger partial charge is 0.321 e. The quantitative estimate of drug-likeness (QED) is 0.0466. The van der Waals surface area contributed by atoms with Crippen LogP contribution in [0, 0.1) is 0 Å². The van der Waals surface area contributed by atoms with Gasteiger partial charge in [-0.05, 0) is 6.42 Å². The molecule has 0 aliphatic rings. The van der Waals surface area contributed by atoms with Crippen LogP contribution in [-0.2, 0) is 28.8 Å². The van der Waals surface area contributed by atoms with E-state index < -0.39 is 42.1 Å². The molecule has 212 valence electrons. The van der Waals surface area contributed by atoms with E-state index in [0.717, 1.165) is 11.8 Å². The molecular weight excluding hydrogens is 532 g/mol. The van der Waals surface area contributed by atoms with Crippen molar-refractivity contribution in [3.05, 3.63) is 0 Å². The molecule has 15 nitrogen and oxygen atoms in total. The first-order valence-electron chi connectivity index (χ1n) is 11.3. The molecule has 0 saturated heterocycles. The van der Waals surface area contributed by atoms with Crippen LogP contribution in [0.1, 0.15) is 12.8 Å². The van der Waals surface area contributed by atoms with Crippen LogP contribution < -0.4 is 32.7 Å². The summed E-state index contributed by atoms with van der Waals surface area (Å²) < 4.78 is 0. The number of hydrogen-bond donors (Lipinski definition) is 9. The van der Waals surface area contributed by atoms with Crippen molar-refractivity contribution in [2.75, 3.05) is 49.2 Å². The van der Waals surface area contributed by atoms with E-state index in [-0.39, 0.29) is 68.1 Å². The van der Waals surface area contributed by atoms with Crippen LogP contribution in [-0.4, -0.2) is 125 Å². The van der Waals surface area contributed by atoms with E-state index in [1.165, 1.54) is 11.8 Å². The summed E-state index contributed by atoms with van der Waals surface area (Å²) in [5.74, 6) is -2.65. The van der Waals surface area contributed by atoms with Crippen LogP contribution in [0.4, 0.5) is 0 Å². The van der Waals surface area contributed by atoms with E-state index in [0.29, 0.717) is 12.0 Å². The number of nitrogens with one attached hydrogen (secondary N) is 4. The number of aliphatic hydroxyl groups excluding tert-OH is 2. The average molecular weight is 569 g/mol. The number of aliphatic carboxylic acids is 1. The Labute approximate surface area is 222 Å². The molecule has 0 rings (SSSR count). The Morgan fingerprint density at radius 1 is 0.784 bits per heavy atom. The molecule has 17 heteroatoms. The van der Waals surface area contributed by atoms with Gasteiger partial charge in [0.1, 0.15) is 12.3 Å². The van der Waals surface area contributed by atoms with E-state index in [1.807, 2.05) is 0 Å². The number of thioether (sulfide) groups is 2. The van der Waals surface area contributed by atoms with Crippen molar-refractivity contribution < 1.29 is 44.1 Å². The zero-order chi connectivity index (χ0) is 28.2. The Bertz CT molecular complexity index is 762. The van der Waals surface area contributed by atoms with Gasteiger partial charge in [-0.15, -0.1) is 23.5 Å². The number of amides is 4. The van der Waals surface area contributed by atoms with Crippen LogP contribution in [0.2, 0.25) is 0 Å². The molecule has 0 fully saturated rings. The minimum absolute atomic E-state index is 0.0125. The molecule has 0 saturated carbocycles. The Morgan fingerprint density at radius 2 is 1.27 bits per heavy atom. The van der Waals surface area contributed by atoms with Crippen molar-refractivity contribution in [1.29, 1.82) is 0 Å². The second-order valence-electron chi connectivity index (χ2n) is 7.67. The average Bonchev–Trinajstić information content (AvgIpc) is 2.86. The molecule has 0 aromatic heterocycles. The van der Waals surface area contributed by atoms with Gasteiger partial charge in [0.05, 0.1) is 23.7 Å². The molecule has 0 aliphatic carbocycles. The number of carboxylic acids is 1. The Balaban J connectivity index is 3.92. The van der Waals surface area contributed by atoms with Gasteiger partial charge < -0.3 is 52.8 Å². The standard InChI is InChI=1S/C20H36N6O9S2/c21-12(7-27)8-36-10-16(30)24-4-3-23-15(29)2-1-14(28)18(32)19(33)26-6-5-25-17(31)11-37-9-13(22)20(34)35/h7,12-14,18,28,32H,1-6,8-11,21-22H2,(H,23,29)(H,24,30)(H,25,31)(H,26,33)(H,34,35). The molecule has 4 amide bonds. The molecular formula is C20H36N6O9S2. The number of aliphatic hydroxyl groups is 2. The highest BCUT2D eigenvalue weighted by Crippen LogP contribution is 2.04. The SMILES string of the molecule is NC(C=O)CSCC(=O)NCCNC(=O)CCC(O)C(O)C(=O)NCCNC(=O)CSCC(N)C(=O)O. The van der Waals surface area contributed by atoms with E-state index >= 15 is 0 Å². The van der Waals surface area contributed by atoms with Crippen molar-refractivity contribution >= 4 is 59.4 Å². The number of carbonyl (C=O) groups is 6. The van der Waals surface area contributed by atoms with E-state index in [2.05, 4.69) is 21.3 Å². The van der Waals surface area contributed by atoms with Gasteiger partial charge in [-0.2, -0.15) is 0 Å². The lowest BCUT2D eigenvalue weighted by Gasteiger charge is -2.17. The molecule has 4 unspecified atom stereocenters. The van der Waals surface area contributed by atoms with E-state index in [1.54, 1.807) is 0 Å². The molecule has 0 spiro atoms. The zero-order valence-electron chi connectivity index (χ0n) is 20.2. The molecule has 11 N–H and O–H groups in total. The number of rotatable bonds is 21. The predicted octanol–water partition coefficient (Wildman–Crippen LogP) is -4.64. The van der Waals surface area contributed by atoms with Gasteiger partial charge in [-0.1, -0.05) is 0 Å². The van der Waals surface area contributed by atoms with Crippen LogP contribution in [0.5, 0.6) is 0 Å². The lowest BCUT2D eigenvalue weighted by atomic mass is 10.1. The highest BCUT2D eigenvalue weighted by molar-refractivity contribution is 8.00. The molecule has 0 radical (unpaired) electrons. The van der Waals surface area contributed by atoms with Gasteiger partial charge >= 0.3 is 5.97 Å². The van der Waals surface area contributed by atoms with Crippen LogP contribution in [0.25, 0.3) is 0 Å². The first-order chi connectivity index (χ1) is 17.5. The molecule has 0 bridgehead atoms. The van der Waals surface area contributed by atoms with Crippen molar-refractivity contribution in [1.82, 2.24) is 21.3 Å². The van der Waals surface area contributed by atoms with Crippen molar-refractivity contribution in [2.45, 2.75) is 37.1 Å². The van der Waals surface area contributed by atoms with E-state index in [9.17, 15) is 39.0 Å². The maximum atomic E-state index is 11.9. The molecule has 0 aliphatic heterocycles. The number of hydrogen-bond acceptors (Lipinski definition) is 12. The Hall–Kier alpha value is -2.44. The van der Waals surface area contributed by atoms with Gasteiger partial charge in [0.25, 0.3) is 5.91 Å². The third-order valence-electron chi connectivity index (χ3n) is 4.38. The van der Waals surface area contributed by atoms with Gasteiger partial charge in [0.15, 0.2) is 6.10 Å². The van der Waals surface area contributed by atoms with Crippen LogP contribution in [0.3, 0.4) is 0 Å². The number of carbonyl (C=O) groups excluding carboxylic acids is 5. The van der Waals surface area contributed by atoms with Gasteiger partial charge in [0, 0.05) is 44.1 Å². The molecule has 0 heterocycles. The Morgan fingerprint density at radius 3 is 1.78 bits per heavy atom. The fourth-order valence-corrected chi connectivity index (χ4v) is 3.93. The van der Waals surface area contributed by atoms with Crippen LogP contribution in [0.15, 0.2) is 0 Å². The fourth-order valence-electron chi connectivity index (χ4n) is 2.37. The fraction of sp³-hybridized carbons (Fsp3) is 0.700. The largest absolute Gasteiger partial charge is 0.480 e. The summed E-state index contributed by atoms with van der Waals surface area (Å²) in [7, 11) is 0. The maximum absolute atomic E-state index is 11.9. The highest BCUT2D eigenvalue weighted by atomic mass is 32.2. The summed E-state index contributed by atoms with van der Waals surface area (Å²) in [6, 6.07) is -1.70. The summed E-state index contributed by atoms with van der Waals surface area (Å²) >= 11 is 2.25. The summed E-state index contributed by atoms with van der Waals surface area (Å²) in [4.78, 5) is 68.0. The highest BCUT2D eigenvalue weighted by Gasteiger charge is 2.24. The maximum Gasteiger partial charge on any atom is 0.321 e. The molecule has 0 aromatic rings. The second-order valence-corrected chi connectivity index (χ2v) is 9.73. The first-order valence-corrected chi connectivity index (χ1v) is 13.6. The van der Waals surface area contributed by atoms with Crippen LogP contribution >= 0.6 is 23.5 Å². The number of nitrogens with two attached hydrogens (primary N) is 2. The first kappa shape index (κ1) is 34.6. The summed E-state index contributed by atoms with van der Waals surface area (Å²) in [6.45, 7) is 0.327. The van der Waals surface area contributed by atoms with Gasteiger partial charge in [-0.25, -0.2) is 0 Å². The van der Waals surface area contributed by atoms with Gasteiger partial charge in [0.2, 0.25) is 17.7 Å². The topological polar surface area (TPSA) is 263 Å². The number of aldehydes is 1. The van der Waals surface area contributed by atoms with Crippen molar-refractivity contribution in [3.8, 4) is 0 Å². The minimum atomic E-state index is -1.78. The van der Waals surface area contributed by atoms with E-state index in [4.69, 9.17) is 16.6 Å². The third-order valence-corrected chi connectivity index (χ3v) is 6.53. The lowest BCUT2D eigenvalue weighted by Crippen LogP contribution is -2.45. The van der Waals surface area contributed by atoms with Gasteiger partial charge in [-0.3, -0.25) is 24.0 Å². The lowest BCUT2D eigenvalue weighted by molar-refractivity contribution is -0.138. The number of carboxylic acid groups (broad SMARTS) is 1. The minimum Gasteiger partial charge on any atom is -0.480 e. The summed E-state index contributed by atoms with van der Waals surface area (Å²) in [6.07, 6.45) is -3.03. The molecule has 4 atom stereocenters. The normalized spacial score (nSPS) is 13.9.